The molecule has 3 amide bonds. The van der Waals surface area contributed by atoms with Crippen LogP contribution in [-0.4, -0.2) is 38.9 Å². The van der Waals surface area contributed by atoms with Gasteiger partial charge in [-0.1, -0.05) is 12.1 Å². The highest BCUT2D eigenvalue weighted by atomic mass is 79.9. The number of hydrogen-bond donors (Lipinski definition) is 1. The SMILES string of the molecule is Cn1cccc1CN(Cc1ccco1)C(=O)CN(C(=O)Nc1ccccc1Br)C1CC1. The number of halogens is 1. The molecule has 8 heteroatoms. The van der Waals surface area contributed by atoms with E-state index >= 15 is 0 Å². The maximum Gasteiger partial charge on any atom is 0.322 e. The van der Waals surface area contributed by atoms with E-state index in [1.807, 2.05) is 66.3 Å². The van der Waals surface area contributed by atoms with Crippen LogP contribution in [0.3, 0.4) is 0 Å². The number of benzene rings is 1. The summed E-state index contributed by atoms with van der Waals surface area (Å²) in [6.45, 7) is 0.806. The van der Waals surface area contributed by atoms with Gasteiger partial charge in [-0.05, 0) is 65.2 Å². The Labute approximate surface area is 189 Å². The Bertz CT molecular complexity index is 1040. The Balaban J connectivity index is 1.48. The van der Waals surface area contributed by atoms with Crippen LogP contribution in [0.25, 0.3) is 0 Å². The highest BCUT2D eigenvalue weighted by Gasteiger charge is 2.35. The molecule has 1 aliphatic rings. The van der Waals surface area contributed by atoms with E-state index in [0.29, 0.717) is 24.5 Å². The second-order valence-corrected chi connectivity index (χ2v) is 8.56. The van der Waals surface area contributed by atoms with Crippen LogP contribution in [0, 0.1) is 0 Å². The van der Waals surface area contributed by atoms with Gasteiger partial charge in [0.25, 0.3) is 0 Å². The Hall–Kier alpha value is -3.00. The number of nitrogens with one attached hydrogen (secondary N) is 1. The third-order valence-electron chi connectivity index (χ3n) is 5.35. The van der Waals surface area contributed by atoms with E-state index in [1.54, 1.807) is 16.1 Å². The molecule has 7 nitrogen and oxygen atoms in total. The smallest absolute Gasteiger partial charge is 0.322 e. The van der Waals surface area contributed by atoms with Gasteiger partial charge in [0.05, 0.1) is 25.0 Å². The van der Waals surface area contributed by atoms with Gasteiger partial charge in [0.1, 0.15) is 12.3 Å². The maximum absolute atomic E-state index is 13.3. The molecule has 4 rings (SSSR count). The Morgan fingerprint density at radius 3 is 2.58 bits per heavy atom. The quantitative estimate of drug-likeness (QED) is 0.507. The molecule has 0 saturated heterocycles. The second kappa shape index (κ2) is 9.43. The number of anilines is 1. The number of rotatable bonds is 8. The summed E-state index contributed by atoms with van der Waals surface area (Å²) in [6, 6.07) is 14.9. The summed E-state index contributed by atoms with van der Waals surface area (Å²) in [4.78, 5) is 29.7. The van der Waals surface area contributed by atoms with Gasteiger partial charge in [0, 0.05) is 29.5 Å². The van der Waals surface area contributed by atoms with Crippen molar-refractivity contribution in [3.63, 3.8) is 0 Å². The number of nitrogens with zero attached hydrogens (tertiary/aromatic N) is 3. The molecule has 1 aromatic carbocycles. The summed E-state index contributed by atoms with van der Waals surface area (Å²) in [6.07, 6.45) is 5.37. The molecular weight excluding hydrogens is 460 g/mol. The van der Waals surface area contributed by atoms with Crippen LogP contribution in [0.5, 0.6) is 0 Å². The zero-order chi connectivity index (χ0) is 21.8. The lowest BCUT2D eigenvalue weighted by Crippen LogP contribution is -2.45. The average molecular weight is 485 g/mol. The summed E-state index contributed by atoms with van der Waals surface area (Å²) < 4.78 is 8.26. The summed E-state index contributed by atoms with van der Waals surface area (Å²) >= 11 is 3.45. The fraction of sp³-hybridized carbons (Fsp3) is 0.304. The van der Waals surface area contributed by atoms with Crippen LogP contribution in [0.15, 0.2) is 69.9 Å². The van der Waals surface area contributed by atoms with Crippen molar-refractivity contribution >= 4 is 33.6 Å². The predicted octanol–water partition coefficient (Wildman–Crippen LogP) is 4.61. The topological polar surface area (TPSA) is 70.7 Å². The Kier molecular flexibility index (Phi) is 6.46. The van der Waals surface area contributed by atoms with Gasteiger partial charge < -0.3 is 24.1 Å². The summed E-state index contributed by atoms with van der Waals surface area (Å²) in [5, 5.41) is 2.92. The summed E-state index contributed by atoms with van der Waals surface area (Å²) in [5.74, 6) is 0.588. The van der Waals surface area contributed by atoms with E-state index in [-0.39, 0.29) is 24.5 Å². The lowest BCUT2D eigenvalue weighted by Gasteiger charge is -2.27. The van der Waals surface area contributed by atoms with E-state index in [9.17, 15) is 9.59 Å². The minimum absolute atomic E-state index is 0.0199. The van der Waals surface area contributed by atoms with Crippen molar-refractivity contribution in [3.05, 3.63) is 76.9 Å². The summed E-state index contributed by atoms with van der Waals surface area (Å²) in [5.41, 5.74) is 1.69. The molecule has 31 heavy (non-hydrogen) atoms. The highest BCUT2D eigenvalue weighted by Crippen LogP contribution is 2.29. The first-order valence-electron chi connectivity index (χ1n) is 10.2. The first-order valence-corrected chi connectivity index (χ1v) is 11.0. The van der Waals surface area contributed by atoms with E-state index in [4.69, 9.17) is 4.42 Å². The van der Waals surface area contributed by atoms with Crippen LogP contribution in [0.1, 0.15) is 24.3 Å². The zero-order valence-electron chi connectivity index (χ0n) is 17.3. The monoisotopic (exact) mass is 484 g/mol. The molecule has 0 unspecified atom stereocenters. The third-order valence-corrected chi connectivity index (χ3v) is 6.04. The van der Waals surface area contributed by atoms with Crippen LogP contribution in [-0.2, 0) is 24.9 Å². The predicted molar refractivity (Wildman–Crippen MR) is 121 cm³/mol. The molecule has 0 bridgehead atoms. The van der Waals surface area contributed by atoms with Crippen LogP contribution >= 0.6 is 15.9 Å². The number of amides is 3. The molecule has 0 radical (unpaired) electrons. The van der Waals surface area contributed by atoms with Gasteiger partial charge in [-0.25, -0.2) is 4.79 Å². The molecule has 3 aromatic rings. The van der Waals surface area contributed by atoms with Gasteiger partial charge in [-0.2, -0.15) is 0 Å². The molecule has 162 valence electrons. The molecule has 1 N–H and O–H groups in total. The molecule has 0 aliphatic heterocycles. The number of carbonyl (C=O) groups is 2. The van der Waals surface area contributed by atoms with Crippen molar-refractivity contribution in [3.8, 4) is 0 Å². The molecule has 0 spiro atoms. The van der Waals surface area contributed by atoms with Crippen molar-refractivity contribution in [2.24, 2.45) is 7.05 Å². The maximum atomic E-state index is 13.3. The fourth-order valence-electron chi connectivity index (χ4n) is 3.43. The highest BCUT2D eigenvalue weighted by molar-refractivity contribution is 9.10. The van der Waals surface area contributed by atoms with E-state index < -0.39 is 0 Å². The number of urea groups is 1. The van der Waals surface area contributed by atoms with Crippen LogP contribution in [0.4, 0.5) is 10.5 Å². The van der Waals surface area contributed by atoms with Gasteiger partial charge >= 0.3 is 6.03 Å². The number of hydrogen-bond acceptors (Lipinski definition) is 3. The number of aromatic nitrogens is 1. The van der Waals surface area contributed by atoms with Crippen molar-refractivity contribution < 1.29 is 14.0 Å². The standard InChI is InChI=1S/C23H25BrN4O3/c1-26-12-4-6-18(26)14-27(15-19-7-5-13-31-19)22(29)16-28(17-10-11-17)23(30)25-21-9-3-2-8-20(21)24/h2-9,12-13,17H,10-11,14-16H2,1H3,(H,25,30). The number of furan rings is 1. The molecule has 1 aliphatic carbocycles. The van der Waals surface area contributed by atoms with Gasteiger partial charge in [-0.15, -0.1) is 0 Å². The van der Waals surface area contributed by atoms with E-state index in [1.165, 1.54) is 0 Å². The van der Waals surface area contributed by atoms with Crippen molar-refractivity contribution in [1.82, 2.24) is 14.4 Å². The Morgan fingerprint density at radius 2 is 1.94 bits per heavy atom. The molecule has 1 fully saturated rings. The molecule has 2 aromatic heterocycles. The number of carbonyl (C=O) groups excluding carboxylic acids is 2. The second-order valence-electron chi connectivity index (χ2n) is 7.71. The lowest BCUT2D eigenvalue weighted by molar-refractivity contribution is -0.133. The summed E-state index contributed by atoms with van der Waals surface area (Å²) in [7, 11) is 1.95. The van der Waals surface area contributed by atoms with Crippen molar-refractivity contribution in [2.45, 2.75) is 32.0 Å². The van der Waals surface area contributed by atoms with Gasteiger partial charge in [0.2, 0.25) is 5.91 Å². The number of aryl methyl sites for hydroxylation is 1. The normalized spacial score (nSPS) is 13.1. The van der Waals surface area contributed by atoms with Crippen molar-refractivity contribution in [1.29, 1.82) is 0 Å². The molecule has 1 saturated carbocycles. The number of para-hydroxylation sites is 1. The largest absolute Gasteiger partial charge is 0.467 e. The lowest BCUT2D eigenvalue weighted by atomic mass is 10.3. The van der Waals surface area contributed by atoms with E-state index in [0.717, 1.165) is 23.0 Å². The minimum atomic E-state index is -0.264. The van der Waals surface area contributed by atoms with Crippen molar-refractivity contribution in [2.75, 3.05) is 11.9 Å². The van der Waals surface area contributed by atoms with E-state index in [2.05, 4.69) is 21.2 Å². The molecular formula is C23H25BrN4O3. The van der Waals surface area contributed by atoms with Crippen LogP contribution in [0.2, 0.25) is 0 Å². The third kappa shape index (κ3) is 5.38. The fourth-order valence-corrected chi connectivity index (χ4v) is 3.81. The van der Waals surface area contributed by atoms with Gasteiger partial charge in [-0.3, -0.25) is 4.79 Å². The average Bonchev–Trinajstić information content (AvgIpc) is 3.31. The first-order chi connectivity index (χ1) is 15.0. The van der Waals surface area contributed by atoms with Crippen LogP contribution < -0.4 is 5.32 Å². The first kappa shape index (κ1) is 21.2. The molecule has 2 heterocycles. The minimum Gasteiger partial charge on any atom is -0.467 e. The van der Waals surface area contributed by atoms with Gasteiger partial charge in [0.15, 0.2) is 0 Å². The zero-order valence-corrected chi connectivity index (χ0v) is 18.9. The Morgan fingerprint density at radius 1 is 1.13 bits per heavy atom. The molecule has 0 atom stereocenters.